The molecule has 1 saturated heterocycles. The predicted octanol–water partition coefficient (Wildman–Crippen LogP) is 2.36. The van der Waals surface area contributed by atoms with E-state index in [-0.39, 0.29) is 12.4 Å². The third kappa shape index (κ3) is 3.92. The molecule has 5 heteroatoms. The summed E-state index contributed by atoms with van der Waals surface area (Å²) in [5.41, 5.74) is 2.13. The molecule has 2 rings (SSSR count). The van der Waals surface area contributed by atoms with E-state index in [0.717, 1.165) is 29.6 Å². The standard InChI is InChI=1S/C11H17N3S.ClH/c1-8-6-9(2)14-11(13-8)15-10-4-3-5-12-7-10;/h6,10,12H,3-5,7H2,1-2H3;1H. The fourth-order valence-electron chi connectivity index (χ4n) is 1.82. The fourth-order valence-corrected chi connectivity index (χ4v) is 2.99. The molecule has 1 N–H and O–H groups in total. The van der Waals surface area contributed by atoms with Gasteiger partial charge in [-0.05, 0) is 39.3 Å². The normalized spacial score (nSPS) is 20.2. The maximum absolute atomic E-state index is 4.45. The summed E-state index contributed by atoms with van der Waals surface area (Å²) in [5, 5.41) is 4.98. The molecular weight excluding hydrogens is 242 g/mol. The maximum Gasteiger partial charge on any atom is 0.188 e. The second-order valence-electron chi connectivity index (χ2n) is 4.02. The topological polar surface area (TPSA) is 37.8 Å². The van der Waals surface area contributed by atoms with Crippen LogP contribution in [-0.2, 0) is 0 Å². The number of nitrogens with one attached hydrogen (secondary N) is 1. The van der Waals surface area contributed by atoms with Gasteiger partial charge >= 0.3 is 0 Å². The number of hydrogen-bond acceptors (Lipinski definition) is 4. The number of nitrogens with zero attached hydrogens (tertiary/aromatic N) is 2. The van der Waals surface area contributed by atoms with E-state index in [9.17, 15) is 0 Å². The summed E-state index contributed by atoms with van der Waals surface area (Å²) in [7, 11) is 0. The SMILES string of the molecule is Cc1cc(C)nc(SC2CCCNC2)n1.Cl. The van der Waals surface area contributed by atoms with Crippen LogP contribution in [0.2, 0.25) is 0 Å². The Bertz CT molecular complexity index is 320. The largest absolute Gasteiger partial charge is 0.316 e. The molecular formula is C11H18ClN3S. The Kier molecular flexibility index (Phi) is 5.52. The van der Waals surface area contributed by atoms with E-state index >= 15 is 0 Å². The summed E-state index contributed by atoms with van der Waals surface area (Å²) in [5.74, 6) is 0. The Morgan fingerprint density at radius 2 is 2.00 bits per heavy atom. The number of aryl methyl sites for hydroxylation is 2. The van der Waals surface area contributed by atoms with Gasteiger partial charge in [0.05, 0.1) is 0 Å². The van der Waals surface area contributed by atoms with Crippen LogP contribution in [0.25, 0.3) is 0 Å². The van der Waals surface area contributed by atoms with Crippen molar-refractivity contribution in [3.8, 4) is 0 Å². The molecule has 0 amide bonds. The summed E-state index contributed by atoms with van der Waals surface area (Å²) in [6, 6.07) is 2.02. The molecule has 0 aliphatic carbocycles. The summed E-state index contributed by atoms with van der Waals surface area (Å²) in [6.45, 7) is 6.29. The Morgan fingerprint density at radius 1 is 1.31 bits per heavy atom. The van der Waals surface area contributed by atoms with Crippen LogP contribution in [0.4, 0.5) is 0 Å². The highest BCUT2D eigenvalue weighted by Crippen LogP contribution is 2.24. The molecule has 1 aliphatic rings. The smallest absolute Gasteiger partial charge is 0.188 e. The lowest BCUT2D eigenvalue weighted by molar-refractivity contribution is 0.530. The van der Waals surface area contributed by atoms with Gasteiger partial charge < -0.3 is 5.32 Å². The third-order valence-electron chi connectivity index (χ3n) is 2.49. The van der Waals surface area contributed by atoms with E-state index in [1.807, 2.05) is 31.7 Å². The molecule has 1 aromatic heterocycles. The van der Waals surface area contributed by atoms with Gasteiger partial charge in [0, 0.05) is 23.2 Å². The second-order valence-corrected chi connectivity index (χ2v) is 5.29. The lowest BCUT2D eigenvalue weighted by atomic mass is 10.2. The average Bonchev–Trinajstić information content (AvgIpc) is 2.17. The Morgan fingerprint density at radius 3 is 2.56 bits per heavy atom. The number of aromatic nitrogens is 2. The van der Waals surface area contributed by atoms with E-state index in [4.69, 9.17) is 0 Å². The summed E-state index contributed by atoms with van der Waals surface area (Å²) in [6.07, 6.45) is 2.54. The first-order valence-corrected chi connectivity index (χ1v) is 6.31. The zero-order valence-corrected chi connectivity index (χ0v) is 11.3. The number of hydrogen-bond donors (Lipinski definition) is 1. The van der Waals surface area contributed by atoms with Crippen molar-refractivity contribution in [3.63, 3.8) is 0 Å². The number of piperidine rings is 1. The minimum absolute atomic E-state index is 0. The average molecular weight is 260 g/mol. The maximum atomic E-state index is 4.45. The van der Waals surface area contributed by atoms with Crippen molar-refractivity contribution in [1.82, 2.24) is 15.3 Å². The Labute approximate surface area is 107 Å². The third-order valence-corrected chi connectivity index (χ3v) is 3.61. The van der Waals surface area contributed by atoms with Crippen molar-refractivity contribution >= 4 is 24.2 Å². The van der Waals surface area contributed by atoms with Gasteiger partial charge in [-0.1, -0.05) is 11.8 Å². The molecule has 1 atom stereocenters. The van der Waals surface area contributed by atoms with E-state index in [1.54, 1.807) is 0 Å². The van der Waals surface area contributed by atoms with Crippen LogP contribution in [0.15, 0.2) is 11.2 Å². The molecule has 90 valence electrons. The van der Waals surface area contributed by atoms with Crippen LogP contribution in [-0.4, -0.2) is 28.3 Å². The Hall–Kier alpha value is -0.320. The van der Waals surface area contributed by atoms with Gasteiger partial charge in [-0.25, -0.2) is 9.97 Å². The van der Waals surface area contributed by atoms with Crippen LogP contribution in [0.5, 0.6) is 0 Å². The molecule has 1 aromatic rings. The highest BCUT2D eigenvalue weighted by atomic mass is 35.5. The van der Waals surface area contributed by atoms with Crippen molar-refractivity contribution in [2.24, 2.45) is 0 Å². The van der Waals surface area contributed by atoms with E-state index in [2.05, 4.69) is 15.3 Å². The summed E-state index contributed by atoms with van der Waals surface area (Å²) < 4.78 is 0. The van der Waals surface area contributed by atoms with Gasteiger partial charge in [0.15, 0.2) is 5.16 Å². The zero-order chi connectivity index (χ0) is 10.7. The molecule has 0 bridgehead atoms. The van der Waals surface area contributed by atoms with Crippen LogP contribution in [0, 0.1) is 13.8 Å². The number of rotatable bonds is 2. The lowest BCUT2D eigenvalue weighted by Crippen LogP contribution is -2.31. The zero-order valence-electron chi connectivity index (χ0n) is 9.69. The van der Waals surface area contributed by atoms with E-state index in [0.29, 0.717) is 5.25 Å². The van der Waals surface area contributed by atoms with Crippen LogP contribution in [0.1, 0.15) is 24.2 Å². The van der Waals surface area contributed by atoms with E-state index < -0.39 is 0 Å². The first kappa shape index (κ1) is 13.7. The molecule has 0 saturated carbocycles. The highest BCUT2D eigenvalue weighted by molar-refractivity contribution is 7.99. The molecule has 1 unspecified atom stereocenters. The van der Waals surface area contributed by atoms with Crippen LogP contribution in [0.3, 0.4) is 0 Å². The van der Waals surface area contributed by atoms with Crippen molar-refractivity contribution < 1.29 is 0 Å². The van der Waals surface area contributed by atoms with Crippen LogP contribution >= 0.6 is 24.2 Å². The minimum Gasteiger partial charge on any atom is -0.316 e. The monoisotopic (exact) mass is 259 g/mol. The van der Waals surface area contributed by atoms with Crippen molar-refractivity contribution in [2.45, 2.75) is 37.1 Å². The van der Waals surface area contributed by atoms with Crippen molar-refractivity contribution in [2.75, 3.05) is 13.1 Å². The molecule has 0 aromatic carbocycles. The van der Waals surface area contributed by atoms with Gasteiger partial charge in [0.1, 0.15) is 0 Å². The lowest BCUT2D eigenvalue weighted by Gasteiger charge is -2.21. The molecule has 3 nitrogen and oxygen atoms in total. The summed E-state index contributed by atoms with van der Waals surface area (Å²) >= 11 is 1.81. The van der Waals surface area contributed by atoms with Gasteiger partial charge in [0.25, 0.3) is 0 Å². The second kappa shape index (κ2) is 6.42. The molecule has 0 spiro atoms. The van der Waals surface area contributed by atoms with Gasteiger partial charge in [-0.15, -0.1) is 12.4 Å². The van der Waals surface area contributed by atoms with Gasteiger partial charge in [-0.3, -0.25) is 0 Å². The van der Waals surface area contributed by atoms with Gasteiger partial charge in [-0.2, -0.15) is 0 Å². The number of thioether (sulfide) groups is 1. The summed E-state index contributed by atoms with van der Waals surface area (Å²) in [4.78, 5) is 8.90. The first-order chi connectivity index (χ1) is 7.24. The molecule has 16 heavy (non-hydrogen) atoms. The molecule has 0 radical (unpaired) electrons. The molecule has 2 heterocycles. The Balaban J connectivity index is 0.00000128. The van der Waals surface area contributed by atoms with Gasteiger partial charge in [0.2, 0.25) is 0 Å². The van der Waals surface area contributed by atoms with Crippen molar-refractivity contribution in [3.05, 3.63) is 17.5 Å². The quantitative estimate of drug-likeness (QED) is 0.828. The predicted molar refractivity (Wildman–Crippen MR) is 70.5 cm³/mol. The minimum atomic E-state index is 0. The number of halogens is 1. The first-order valence-electron chi connectivity index (χ1n) is 5.44. The molecule has 1 aliphatic heterocycles. The van der Waals surface area contributed by atoms with E-state index in [1.165, 1.54) is 12.8 Å². The highest BCUT2D eigenvalue weighted by Gasteiger charge is 2.15. The fraction of sp³-hybridized carbons (Fsp3) is 0.636. The molecule has 1 fully saturated rings. The van der Waals surface area contributed by atoms with Crippen LogP contribution < -0.4 is 5.32 Å². The van der Waals surface area contributed by atoms with Crippen molar-refractivity contribution in [1.29, 1.82) is 0 Å².